The van der Waals surface area contributed by atoms with Gasteiger partial charge in [-0.1, -0.05) is 63.2 Å². The Balaban J connectivity index is 1.26. The normalized spacial score (nSPS) is 20.0. The number of hydrogen-bond donors (Lipinski definition) is 3. The molecule has 16 nitrogen and oxygen atoms in total. The van der Waals surface area contributed by atoms with Crippen LogP contribution in [-0.2, 0) is 55.8 Å². The second-order valence-electron chi connectivity index (χ2n) is 15.4. The van der Waals surface area contributed by atoms with Crippen LogP contribution in [0.2, 0.25) is 0 Å². The van der Waals surface area contributed by atoms with Gasteiger partial charge in [-0.2, -0.15) is 4.31 Å². The third-order valence-corrected chi connectivity index (χ3v) is 13.9. The molecule has 2 aliphatic rings. The number of benzene rings is 3. The van der Waals surface area contributed by atoms with Crippen molar-refractivity contribution >= 4 is 29.7 Å². The van der Waals surface area contributed by atoms with Crippen molar-refractivity contribution in [3.8, 4) is 11.5 Å². The molecule has 0 bridgehead atoms. The van der Waals surface area contributed by atoms with Gasteiger partial charge in [-0.15, -0.1) is 0 Å². The number of aliphatic hydroxyl groups excluding tert-OH is 1. The van der Waals surface area contributed by atoms with E-state index in [0.29, 0.717) is 31.1 Å². The number of alkyl carbamates (subject to hydrolysis) is 1. The van der Waals surface area contributed by atoms with Crippen molar-refractivity contribution in [2.24, 2.45) is 11.8 Å². The Morgan fingerprint density at radius 2 is 1.66 bits per heavy atom. The second kappa shape index (κ2) is 22.9. The molecule has 1 amide bonds. The second-order valence-corrected chi connectivity index (χ2v) is 19.4. The number of nitrogens with zero attached hydrogens (tertiary/aromatic N) is 1. The zero-order chi connectivity index (χ0) is 44.0. The fraction of sp³-hybridized carbons (Fsp3) is 0.535. The quantitative estimate of drug-likeness (QED) is 0.0578. The first-order valence-corrected chi connectivity index (χ1v) is 23.9. The highest BCUT2D eigenvalue weighted by Crippen LogP contribution is 2.49. The van der Waals surface area contributed by atoms with Crippen LogP contribution in [0.1, 0.15) is 51.7 Å². The van der Waals surface area contributed by atoms with E-state index in [1.54, 1.807) is 56.3 Å². The van der Waals surface area contributed by atoms with Crippen molar-refractivity contribution < 1.29 is 60.4 Å². The monoisotopic (exact) mass is 889 g/mol. The van der Waals surface area contributed by atoms with Gasteiger partial charge >= 0.3 is 19.7 Å². The molecule has 18 heteroatoms. The van der Waals surface area contributed by atoms with Gasteiger partial charge in [0.05, 0.1) is 56.1 Å². The molecule has 0 saturated carbocycles. The number of esters is 1. The Morgan fingerprint density at radius 1 is 0.951 bits per heavy atom. The molecule has 2 saturated heterocycles. The van der Waals surface area contributed by atoms with Gasteiger partial charge in [-0.3, -0.25) is 4.52 Å². The molecule has 3 aromatic rings. The fourth-order valence-electron chi connectivity index (χ4n) is 7.04. The maximum absolute atomic E-state index is 14.0. The average molecular weight is 890 g/mol. The van der Waals surface area contributed by atoms with Crippen LogP contribution >= 0.6 is 7.60 Å². The first kappa shape index (κ1) is 48.0. The number of carbonyl (C=O) groups is 2. The smallest absolute Gasteiger partial charge is 0.407 e. The third kappa shape index (κ3) is 14.0. The summed E-state index contributed by atoms with van der Waals surface area (Å²) in [4.78, 5) is 25.9. The van der Waals surface area contributed by atoms with E-state index in [2.05, 4.69) is 10.6 Å². The molecule has 61 heavy (non-hydrogen) atoms. The number of sulfonamides is 1. The number of hydrogen-bond acceptors (Lipinski definition) is 14. The van der Waals surface area contributed by atoms with Crippen molar-refractivity contribution in [3.63, 3.8) is 0 Å². The number of nitrogens with one attached hydrogen (secondary N) is 2. The molecule has 3 aromatic carbocycles. The van der Waals surface area contributed by atoms with Gasteiger partial charge in [0.25, 0.3) is 0 Å². The van der Waals surface area contributed by atoms with Gasteiger partial charge in [0.2, 0.25) is 10.0 Å². The molecule has 0 spiro atoms. The van der Waals surface area contributed by atoms with Crippen LogP contribution in [0.5, 0.6) is 11.5 Å². The van der Waals surface area contributed by atoms with Gasteiger partial charge in [0.1, 0.15) is 17.6 Å². The Bertz CT molecular complexity index is 1990. The zero-order valence-electron chi connectivity index (χ0n) is 35.5. The van der Waals surface area contributed by atoms with Crippen molar-refractivity contribution in [1.82, 2.24) is 14.9 Å². The van der Waals surface area contributed by atoms with Crippen LogP contribution < -0.4 is 19.9 Å². The molecule has 2 heterocycles. The lowest BCUT2D eigenvalue weighted by Gasteiger charge is -2.31. The molecule has 3 N–H and O–H groups in total. The van der Waals surface area contributed by atoms with E-state index >= 15 is 0 Å². The van der Waals surface area contributed by atoms with E-state index in [-0.39, 0.29) is 68.6 Å². The van der Waals surface area contributed by atoms with Crippen molar-refractivity contribution in [1.29, 1.82) is 0 Å². The van der Waals surface area contributed by atoms with Crippen LogP contribution in [0.15, 0.2) is 83.8 Å². The van der Waals surface area contributed by atoms with Gasteiger partial charge in [-0.25, -0.2) is 22.6 Å². The largest absolute Gasteiger partial charge is 0.497 e. The van der Waals surface area contributed by atoms with Crippen molar-refractivity contribution in [2.45, 2.75) is 89.0 Å². The summed E-state index contributed by atoms with van der Waals surface area (Å²) in [5, 5.41) is 17.9. The highest BCUT2D eigenvalue weighted by atomic mass is 32.2. The van der Waals surface area contributed by atoms with Crippen LogP contribution in [0, 0.1) is 11.8 Å². The molecule has 2 aliphatic heterocycles. The van der Waals surface area contributed by atoms with E-state index in [9.17, 15) is 27.7 Å². The van der Waals surface area contributed by atoms with Crippen LogP contribution in [0.25, 0.3) is 0 Å². The summed E-state index contributed by atoms with van der Waals surface area (Å²) in [7, 11) is -6.37. The molecule has 5 rings (SSSR count). The summed E-state index contributed by atoms with van der Waals surface area (Å²) in [5.74, 6) is 0.0749. The van der Waals surface area contributed by atoms with Crippen LogP contribution in [-0.4, -0.2) is 113 Å². The highest BCUT2D eigenvalue weighted by molar-refractivity contribution is 7.89. The molecule has 0 aromatic heterocycles. The number of ether oxygens (including phenoxy) is 5. The van der Waals surface area contributed by atoms with E-state index in [1.807, 2.05) is 38.1 Å². The number of para-hydroxylation sites is 1. The first-order valence-electron chi connectivity index (χ1n) is 20.7. The van der Waals surface area contributed by atoms with E-state index in [0.717, 1.165) is 11.1 Å². The van der Waals surface area contributed by atoms with E-state index in [4.69, 9.17) is 32.7 Å². The molecular formula is C43H60N3O13PS. The topological polar surface area (TPSA) is 197 Å². The number of methoxy groups -OCH3 is 1. The number of rotatable bonds is 24. The lowest BCUT2D eigenvalue weighted by Crippen LogP contribution is -2.51. The van der Waals surface area contributed by atoms with E-state index in [1.165, 1.54) is 23.5 Å². The Kier molecular flexibility index (Phi) is 18.0. The Morgan fingerprint density at radius 3 is 2.31 bits per heavy atom. The summed E-state index contributed by atoms with van der Waals surface area (Å²) < 4.78 is 82.0. The molecule has 0 aliphatic carbocycles. The molecule has 0 radical (unpaired) electrons. The maximum atomic E-state index is 14.0. The highest BCUT2D eigenvalue weighted by Gasteiger charge is 2.44. The third-order valence-electron chi connectivity index (χ3n) is 10.2. The number of aliphatic hydroxyl groups is 1. The standard InChI is InChI=1S/C43H60N3O13PS/c1-6-39(41(48)54-7-2)59-60(50,58-34-11-9-8-10-12-34)24-22-44-26-32-15-13-31(14-16-32)25-37(45-43(49)57-40-29-56-42-36(40)21-23-55-42)38(47)28-46(27-30(3)4)61(51,52)35-19-17-33(53-5)18-20-35/h8-20,30,36-40,42,44,47H,6-7,21-29H2,1-5H3,(H,45,49)/t36-,37-,38+,39-,40-,42+,60?/m0/s1. The summed E-state index contributed by atoms with van der Waals surface area (Å²) in [6, 6.07) is 21.2. The van der Waals surface area contributed by atoms with Gasteiger partial charge in [0.15, 0.2) is 12.4 Å². The van der Waals surface area contributed by atoms with Gasteiger partial charge < -0.3 is 43.9 Å². The summed E-state index contributed by atoms with van der Waals surface area (Å²) in [6.07, 6.45) is -3.05. The van der Waals surface area contributed by atoms with Gasteiger partial charge in [-0.05, 0) is 79.6 Å². The Labute approximate surface area is 359 Å². The van der Waals surface area contributed by atoms with Gasteiger partial charge in [0, 0.05) is 26.2 Å². The molecular weight excluding hydrogens is 830 g/mol. The zero-order valence-corrected chi connectivity index (χ0v) is 37.2. The Hall–Kier alpha value is -4.06. The number of amides is 1. The number of carbonyl (C=O) groups excluding carboxylic acids is 2. The molecule has 2 fully saturated rings. The molecule has 1 unspecified atom stereocenters. The summed E-state index contributed by atoms with van der Waals surface area (Å²) >= 11 is 0. The minimum absolute atomic E-state index is 0.0271. The average Bonchev–Trinajstić information content (AvgIpc) is 3.87. The SMILES string of the molecule is CCOC(=O)[C@H](CC)OP(=O)(CCNCc1ccc(C[C@H](NC(=O)O[C@H]2CO[C@H]3OCC[C@H]32)[C@H](O)CN(CC(C)C)S(=O)(=O)c2ccc(OC)cc2)cc1)Oc1ccccc1. The van der Waals surface area contributed by atoms with E-state index < -0.39 is 60.3 Å². The summed E-state index contributed by atoms with van der Waals surface area (Å²) in [6.45, 7) is 8.49. The predicted molar refractivity (Wildman–Crippen MR) is 227 cm³/mol. The molecule has 7 atom stereocenters. The maximum Gasteiger partial charge on any atom is 0.407 e. The predicted octanol–water partition coefficient (Wildman–Crippen LogP) is 5.52. The van der Waals surface area contributed by atoms with Crippen LogP contribution in [0.3, 0.4) is 0 Å². The van der Waals surface area contributed by atoms with Crippen LogP contribution in [0.4, 0.5) is 4.79 Å². The van der Waals surface area contributed by atoms with Crippen molar-refractivity contribution in [3.05, 3.63) is 90.0 Å². The first-order chi connectivity index (χ1) is 29.2. The lowest BCUT2D eigenvalue weighted by atomic mass is 10.00. The fourth-order valence-corrected chi connectivity index (χ4v) is 10.4. The van der Waals surface area contributed by atoms with Crippen molar-refractivity contribution in [2.75, 3.05) is 52.7 Å². The lowest BCUT2D eigenvalue weighted by molar-refractivity contribution is -0.151. The minimum Gasteiger partial charge on any atom is -0.497 e. The number of fused-ring (bicyclic) bond motifs is 1. The summed E-state index contributed by atoms with van der Waals surface area (Å²) in [5.41, 5.74) is 1.64. The minimum atomic E-state index is -4.05. The molecule has 336 valence electrons.